The maximum atomic E-state index is 12.2. The molecule has 1 aliphatic heterocycles. The van der Waals surface area contributed by atoms with Gasteiger partial charge in [-0.2, -0.15) is 0 Å². The Morgan fingerprint density at radius 2 is 1.58 bits per heavy atom. The van der Waals surface area contributed by atoms with Crippen LogP contribution in [0.5, 0.6) is 0 Å². The molecule has 0 aromatic heterocycles. The van der Waals surface area contributed by atoms with Gasteiger partial charge in [-0.1, -0.05) is 31.0 Å². The molecule has 4 nitrogen and oxygen atoms in total. The predicted octanol–water partition coefficient (Wildman–Crippen LogP) is 2.05. The quantitative estimate of drug-likeness (QED) is 0.725. The Balaban J connectivity index is 2.04. The van der Waals surface area contributed by atoms with E-state index in [-0.39, 0.29) is 5.91 Å². The number of benzene rings is 1. The van der Waals surface area contributed by atoms with Gasteiger partial charge < -0.3 is 9.80 Å². The molecule has 0 unspecified atom stereocenters. The van der Waals surface area contributed by atoms with E-state index in [2.05, 4.69) is 0 Å². The van der Waals surface area contributed by atoms with Gasteiger partial charge in [-0.3, -0.25) is 9.59 Å². The number of rotatable bonds is 1. The van der Waals surface area contributed by atoms with Gasteiger partial charge in [0.1, 0.15) is 0 Å². The van der Waals surface area contributed by atoms with Crippen LogP contribution in [0.3, 0.4) is 0 Å². The van der Waals surface area contributed by atoms with Crippen molar-refractivity contribution in [2.75, 3.05) is 25.0 Å². The van der Waals surface area contributed by atoms with Crippen LogP contribution in [0.2, 0.25) is 0 Å². The molecule has 0 N–H and O–H groups in total. The SMILES string of the molecule is CN(C(=O)C(=O)N1CCCCCC1)c1ccccc1. The molecule has 1 heterocycles. The van der Waals surface area contributed by atoms with Gasteiger partial charge in [-0.05, 0) is 25.0 Å². The molecule has 0 aliphatic carbocycles. The van der Waals surface area contributed by atoms with Gasteiger partial charge in [0.15, 0.2) is 0 Å². The maximum absolute atomic E-state index is 12.2. The highest BCUT2D eigenvalue weighted by Crippen LogP contribution is 2.14. The minimum absolute atomic E-state index is 0.381. The van der Waals surface area contributed by atoms with Crippen LogP contribution in [0.25, 0.3) is 0 Å². The summed E-state index contributed by atoms with van der Waals surface area (Å²) < 4.78 is 0. The van der Waals surface area contributed by atoms with Crippen molar-refractivity contribution in [1.82, 2.24) is 4.90 Å². The van der Waals surface area contributed by atoms with Gasteiger partial charge in [0.25, 0.3) is 0 Å². The van der Waals surface area contributed by atoms with Crippen LogP contribution in [0.15, 0.2) is 30.3 Å². The fourth-order valence-electron chi connectivity index (χ4n) is 2.32. The van der Waals surface area contributed by atoms with Crippen LogP contribution in [-0.2, 0) is 9.59 Å². The Morgan fingerprint density at radius 1 is 1.00 bits per heavy atom. The Hall–Kier alpha value is -1.84. The first-order chi connectivity index (χ1) is 9.20. The molecule has 0 saturated carbocycles. The van der Waals surface area contributed by atoms with Crippen molar-refractivity contribution in [3.63, 3.8) is 0 Å². The van der Waals surface area contributed by atoms with Crippen molar-refractivity contribution < 1.29 is 9.59 Å². The Morgan fingerprint density at radius 3 is 2.16 bits per heavy atom. The number of amides is 2. The zero-order valence-corrected chi connectivity index (χ0v) is 11.3. The van der Waals surface area contributed by atoms with E-state index >= 15 is 0 Å². The highest BCUT2D eigenvalue weighted by molar-refractivity contribution is 6.40. The summed E-state index contributed by atoms with van der Waals surface area (Å²) in [4.78, 5) is 27.5. The first-order valence-electron chi connectivity index (χ1n) is 6.82. The lowest BCUT2D eigenvalue weighted by atomic mass is 10.2. The van der Waals surface area contributed by atoms with Gasteiger partial charge in [0.2, 0.25) is 0 Å². The molecular weight excluding hydrogens is 240 g/mol. The van der Waals surface area contributed by atoms with Crippen LogP contribution >= 0.6 is 0 Å². The van der Waals surface area contributed by atoms with Gasteiger partial charge in [-0.25, -0.2) is 0 Å². The lowest BCUT2D eigenvalue weighted by molar-refractivity contribution is -0.144. The summed E-state index contributed by atoms with van der Waals surface area (Å²) in [5.41, 5.74) is 0.746. The van der Waals surface area contributed by atoms with Crippen molar-refractivity contribution in [3.8, 4) is 0 Å². The average Bonchev–Trinajstić information content (AvgIpc) is 2.75. The van der Waals surface area contributed by atoms with Gasteiger partial charge in [-0.15, -0.1) is 0 Å². The Labute approximate surface area is 114 Å². The number of anilines is 1. The van der Waals surface area contributed by atoms with Crippen LogP contribution in [-0.4, -0.2) is 36.9 Å². The summed E-state index contributed by atoms with van der Waals surface area (Å²) in [6.07, 6.45) is 4.28. The lowest BCUT2D eigenvalue weighted by Gasteiger charge is -2.23. The largest absolute Gasteiger partial charge is 0.334 e. The van der Waals surface area contributed by atoms with Crippen molar-refractivity contribution in [2.24, 2.45) is 0 Å². The van der Waals surface area contributed by atoms with Crippen LogP contribution in [0.4, 0.5) is 5.69 Å². The van der Waals surface area contributed by atoms with Gasteiger partial charge >= 0.3 is 11.8 Å². The maximum Gasteiger partial charge on any atom is 0.316 e. The third-order valence-electron chi connectivity index (χ3n) is 3.52. The highest BCUT2D eigenvalue weighted by atomic mass is 16.2. The number of likely N-dealkylation sites (N-methyl/N-ethyl adjacent to an activating group) is 1. The molecule has 19 heavy (non-hydrogen) atoms. The van der Waals surface area contributed by atoms with Crippen molar-refractivity contribution in [3.05, 3.63) is 30.3 Å². The van der Waals surface area contributed by atoms with E-state index in [0.717, 1.165) is 31.4 Å². The summed E-state index contributed by atoms with van der Waals surface area (Å²) in [5, 5.41) is 0. The number of carbonyl (C=O) groups excluding carboxylic acids is 2. The molecule has 0 atom stereocenters. The molecule has 4 heteroatoms. The van der Waals surface area contributed by atoms with Crippen LogP contribution in [0.1, 0.15) is 25.7 Å². The van der Waals surface area contributed by atoms with E-state index in [1.807, 2.05) is 30.3 Å². The highest BCUT2D eigenvalue weighted by Gasteiger charge is 2.26. The normalized spacial score (nSPS) is 15.7. The predicted molar refractivity (Wildman–Crippen MR) is 74.9 cm³/mol. The van der Waals surface area contributed by atoms with Crippen LogP contribution < -0.4 is 4.90 Å². The molecule has 1 aromatic rings. The number of carbonyl (C=O) groups is 2. The number of para-hydroxylation sites is 1. The van der Waals surface area contributed by atoms with E-state index in [1.54, 1.807) is 11.9 Å². The lowest BCUT2D eigenvalue weighted by Crippen LogP contribution is -2.44. The molecule has 0 radical (unpaired) electrons. The first-order valence-corrected chi connectivity index (χ1v) is 6.82. The Kier molecular flexibility index (Phi) is 4.55. The minimum atomic E-state index is -0.451. The van der Waals surface area contributed by atoms with Crippen molar-refractivity contribution in [1.29, 1.82) is 0 Å². The fraction of sp³-hybridized carbons (Fsp3) is 0.467. The zero-order chi connectivity index (χ0) is 13.7. The summed E-state index contributed by atoms with van der Waals surface area (Å²) >= 11 is 0. The smallest absolute Gasteiger partial charge is 0.316 e. The third kappa shape index (κ3) is 3.34. The summed E-state index contributed by atoms with van der Waals surface area (Å²) in [5.74, 6) is -0.832. The molecule has 1 aromatic carbocycles. The van der Waals surface area contributed by atoms with Crippen molar-refractivity contribution >= 4 is 17.5 Å². The second-order valence-corrected chi connectivity index (χ2v) is 4.91. The first kappa shape index (κ1) is 13.6. The van der Waals surface area contributed by atoms with E-state index in [9.17, 15) is 9.59 Å². The molecule has 1 fully saturated rings. The fourth-order valence-corrected chi connectivity index (χ4v) is 2.32. The molecular formula is C15H20N2O2. The van der Waals surface area contributed by atoms with E-state index in [4.69, 9.17) is 0 Å². The third-order valence-corrected chi connectivity index (χ3v) is 3.52. The van der Waals surface area contributed by atoms with Gasteiger partial charge in [0, 0.05) is 25.8 Å². The average molecular weight is 260 g/mol. The molecule has 1 aliphatic rings. The minimum Gasteiger partial charge on any atom is -0.334 e. The molecule has 2 rings (SSSR count). The van der Waals surface area contributed by atoms with E-state index < -0.39 is 5.91 Å². The number of hydrogen-bond donors (Lipinski definition) is 0. The zero-order valence-electron chi connectivity index (χ0n) is 11.3. The monoisotopic (exact) mass is 260 g/mol. The number of hydrogen-bond acceptors (Lipinski definition) is 2. The van der Waals surface area contributed by atoms with Crippen LogP contribution in [0, 0.1) is 0 Å². The number of nitrogens with zero attached hydrogens (tertiary/aromatic N) is 2. The topological polar surface area (TPSA) is 40.6 Å². The second-order valence-electron chi connectivity index (χ2n) is 4.91. The molecule has 0 bridgehead atoms. The number of likely N-dealkylation sites (tertiary alicyclic amines) is 1. The summed E-state index contributed by atoms with van der Waals surface area (Å²) in [6, 6.07) is 9.25. The van der Waals surface area contributed by atoms with E-state index in [1.165, 1.54) is 4.90 Å². The standard InChI is InChI=1S/C15H20N2O2/c1-16(13-9-5-4-6-10-13)14(18)15(19)17-11-7-2-3-8-12-17/h4-6,9-10H,2-3,7-8,11-12H2,1H3. The summed E-state index contributed by atoms with van der Waals surface area (Å²) in [7, 11) is 1.65. The summed E-state index contributed by atoms with van der Waals surface area (Å²) in [6.45, 7) is 1.40. The molecule has 1 saturated heterocycles. The molecule has 0 spiro atoms. The second kappa shape index (κ2) is 6.36. The van der Waals surface area contributed by atoms with E-state index in [0.29, 0.717) is 13.1 Å². The van der Waals surface area contributed by atoms with Crippen molar-refractivity contribution in [2.45, 2.75) is 25.7 Å². The molecule has 2 amide bonds. The molecule has 102 valence electrons. The Bertz CT molecular complexity index is 437. The van der Waals surface area contributed by atoms with Gasteiger partial charge in [0.05, 0.1) is 0 Å².